The standard InChI is InChI=1S/C32H38ClN3O5S/c1-23-9-7-8-12-30(23)36(42(39,40)29-19-15-26(33)16-20-29)22-31(37)35(21-25-13-17-28(41-3)18-14-25)24(2)32(38)34-27-10-5-4-6-11-27/h7-9,12-20,24,27H,4-6,10-11,21-22H2,1-3H3,(H,34,38)/t24-/m0/s1. The topological polar surface area (TPSA) is 96.0 Å². The van der Waals surface area contributed by atoms with Gasteiger partial charge in [-0.2, -0.15) is 0 Å². The normalized spacial score (nSPS) is 14.6. The van der Waals surface area contributed by atoms with Crippen LogP contribution in [0.2, 0.25) is 5.02 Å². The van der Waals surface area contributed by atoms with Crippen molar-refractivity contribution in [3.8, 4) is 5.75 Å². The molecule has 8 nitrogen and oxygen atoms in total. The number of halogens is 1. The van der Waals surface area contributed by atoms with Gasteiger partial charge in [-0.15, -0.1) is 0 Å². The Morgan fingerprint density at radius 3 is 2.24 bits per heavy atom. The summed E-state index contributed by atoms with van der Waals surface area (Å²) in [5.74, 6) is -0.0934. The summed E-state index contributed by atoms with van der Waals surface area (Å²) in [6, 6.07) is 19.3. The maximum atomic E-state index is 14.1. The first-order valence-corrected chi connectivity index (χ1v) is 16.0. The largest absolute Gasteiger partial charge is 0.497 e. The Balaban J connectivity index is 1.68. The summed E-state index contributed by atoms with van der Waals surface area (Å²) < 4.78 is 34.3. The highest BCUT2D eigenvalue weighted by Gasteiger charge is 2.33. The van der Waals surface area contributed by atoms with Crippen molar-refractivity contribution in [2.75, 3.05) is 18.0 Å². The van der Waals surface area contributed by atoms with Crippen molar-refractivity contribution in [3.05, 3.63) is 88.9 Å². The highest BCUT2D eigenvalue weighted by molar-refractivity contribution is 7.92. The number of hydrogen-bond acceptors (Lipinski definition) is 5. The fourth-order valence-electron chi connectivity index (χ4n) is 5.17. The number of anilines is 1. The van der Waals surface area contributed by atoms with Crippen LogP contribution in [0.1, 0.15) is 50.2 Å². The van der Waals surface area contributed by atoms with Crippen LogP contribution in [-0.4, -0.2) is 50.9 Å². The minimum atomic E-state index is -4.16. The Labute approximate surface area is 253 Å². The predicted molar refractivity (Wildman–Crippen MR) is 165 cm³/mol. The van der Waals surface area contributed by atoms with Crippen molar-refractivity contribution >= 4 is 39.1 Å². The van der Waals surface area contributed by atoms with E-state index in [1.54, 1.807) is 57.4 Å². The first-order chi connectivity index (χ1) is 20.1. The van der Waals surface area contributed by atoms with E-state index in [0.29, 0.717) is 22.0 Å². The molecule has 1 atom stereocenters. The minimum Gasteiger partial charge on any atom is -0.497 e. The smallest absolute Gasteiger partial charge is 0.264 e. The van der Waals surface area contributed by atoms with Gasteiger partial charge in [0.15, 0.2) is 0 Å². The van der Waals surface area contributed by atoms with E-state index in [9.17, 15) is 18.0 Å². The lowest BCUT2D eigenvalue weighted by Crippen LogP contribution is -2.53. The molecule has 0 heterocycles. The third-order valence-electron chi connectivity index (χ3n) is 7.70. The number of para-hydroxylation sites is 1. The fourth-order valence-corrected chi connectivity index (χ4v) is 6.77. The molecule has 4 rings (SSSR count). The van der Waals surface area contributed by atoms with Crippen molar-refractivity contribution in [2.24, 2.45) is 0 Å². The maximum Gasteiger partial charge on any atom is 0.264 e. The Kier molecular flexibility index (Phi) is 10.5. The number of sulfonamides is 1. The average Bonchev–Trinajstić information content (AvgIpc) is 2.99. The minimum absolute atomic E-state index is 0.00717. The molecule has 0 spiro atoms. The van der Waals surface area contributed by atoms with E-state index in [2.05, 4.69) is 5.32 Å². The molecule has 2 amide bonds. The van der Waals surface area contributed by atoms with Gasteiger partial charge in [0.05, 0.1) is 17.7 Å². The molecular formula is C32H38ClN3O5S. The van der Waals surface area contributed by atoms with Gasteiger partial charge in [0.1, 0.15) is 18.3 Å². The SMILES string of the molecule is COc1ccc(CN(C(=O)CN(c2ccccc2C)S(=O)(=O)c2ccc(Cl)cc2)[C@@H](C)C(=O)NC2CCCCC2)cc1. The summed E-state index contributed by atoms with van der Waals surface area (Å²) in [6.45, 7) is 3.10. The lowest BCUT2D eigenvalue weighted by Gasteiger charge is -2.33. The van der Waals surface area contributed by atoms with E-state index in [1.807, 2.05) is 12.1 Å². The van der Waals surface area contributed by atoms with Crippen LogP contribution in [0.15, 0.2) is 77.7 Å². The Hall–Kier alpha value is -3.56. The fraction of sp³-hybridized carbons (Fsp3) is 0.375. The summed E-state index contributed by atoms with van der Waals surface area (Å²) in [4.78, 5) is 29.0. The molecule has 42 heavy (non-hydrogen) atoms. The van der Waals surface area contributed by atoms with E-state index >= 15 is 0 Å². The molecule has 3 aromatic carbocycles. The number of amides is 2. The third-order valence-corrected chi connectivity index (χ3v) is 9.72. The Morgan fingerprint density at radius 2 is 1.62 bits per heavy atom. The zero-order valence-electron chi connectivity index (χ0n) is 24.3. The molecule has 1 aliphatic rings. The van der Waals surface area contributed by atoms with E-state index < -0.39 is 28.5 Å². The molecule has 0 aliphatic heterocycles. The van der Waals surface area contributed by atoms with Gasteiger partial charge in [0.25, 0.3) is 10.0 Å². The number of ether oxygens (including phenoxy) is 1. The number of aryl methyl sites for hydroxylation is 1. The Bertz CT molecular complexity index is 1470. The monoisotopic (exact) mass is 611 g/mol. The van der Waals surface area contributed by atoms with Crippen LogP contribution >= 0.6 is 11.6 Å². The van der Waals surface area contributed by atoms with Gasteiger partial charge < -0.3 is 15.0 Å². The van der Waals surface area contributed by atoms with E-state index in [0.717, 1.165) is 42.0 Å². The second-order valence-corrected chi connectivity index (χ2v) is 12.9. The first-order valence-electron chi connectivity index (χ1n) is 14.2. The number of nitrogens with zero attached hydrogens (tertiary/aromatic N) is 2. The van der Waals surface area contributed by atoms with Crippen LogP contribution in [0, 0.1) is 6.92 Å². The molecule has 0 saturated heterocycles. The van der Waals surface area contributed by atoms with Gasteiger partial charge >= 0.3 is 0 Å². The summed E-state index contributed by atoms with van der Waals surface area (Å²) in [6.07, 6.45) is 5.08. The van der Waals surface area contributed by atoms with Gasteiger partial charge in [0.2, 0.25) is 11.8 Å². The first kappa shape index (κ1) is 31.4. The molecule has 10 heteroatoms. The summed E-state index contributed by atoms with van der Waals surface area (Å²) in [7, 11) is -2.59. The van der Waals surface area contributed by atoms with Gasteiger partial charge in [-0.25, -0.2) is 8.42 Å². The number of carbonyl (C=O) groups excluding carboxylic acids is 2. The van der Waals surface area contributed by atoms with Crippen molar-refractivity contribution < 1.29 is 22.7 Å². The van der Waals surface area contributed by atoms with Crippen LogP contribution in [0.4, 0.5) is 5.69 Å². The molecule has 1 saturated carbocycles. The number of carbonyl (C=O) groups is 2. The molecule has 0 radical (unpaired) electrons. The quantitative estimate of drug-likeness (QED) is 0.299. The van der Waals surface area contributed by atoms with Gasteiger partial charge in [0, 0.05) is 17.6 Å². The summed E-state index contributed by atoms with van der Waals surface area (Å²) in [5.41, 5.74) is 1.85. The maximum absolute atomic E-state index is 14.1. The molecule has 1 aliphatic carbocycles. The molecule has 1 fully saturated rings. The molecule has 0 unspecified atom stereocenters. The second-order valence-electron chi connectivity index (χ2n) is 10.6. The number of benzene rings is 3. The summed E-state index contributed by atoms with van der Waals surface area (Å²) >= 11 is 6.02. The third kappa shape index (κ3) is 7.63. The zero-order chi connectivity index (χ0) is 30.3. The van der Waals surface area contributed by atoms with Crippen LogP contribution in [0.5, 0.6) is 5.75 Å². The lowest BCUT2D eigenvalue weighted by molar-refractivity contribution is -0.139. The van der Waals surface area contributed by atoms with Gasteiger partial charge in [-0.1, -0.05) is 61.2 Å². The number of rotatable bonds is 11. The van der Waals surface area contributed by atoms with Crippen molar-refractivity contribution in [1.82, 2.24) is 10.2 Å². The highest BCUT2D eigenvalue weighted by Crippen LogP contribution is 2.28. The predicted octanol–water partition coefficient (Wildman–Crippen LogP) is 5.72. The van der Waals surface area contributed by atoms with Crippen molar-refractivity contribution in [2.45, 2.75) is 69.5 Å². The molecule has 224 valence electrons. The molecule has 3 aromatic rings. The van der Waals surface area contributed by atoms with Gasteiger partial charge in [-0.3, -0.25) is 13.9 Å². The van der Waals surface area contributed by atoms with Crippen LogP contribution < -0.4 is 14.4 Å². The average molecular weight is 612 g/mol. The highest BCUT2D eigenvalue weighted by atomic mass is 35.5. The molecule has 0 bridgehead atoms. The zero-order valence-corrected chi connectivity index (χ0v) is 25.8. The second kappa shape index (κ2) is 14.1. The number of nitrogens with one attached hydrogen (secondary N) is 1. The molecule has 1 N–H and O–H groups in total. The van der Waals surface area contributed by atoms with Crippen molar-refractivity contribution in [3.63, 3.8) is 0 Å². The summed E-state index contributed by atoms with van der Waals surface area (Å²) in [5, 5.41) is 3.52. The number of methoxy groups -OCH3 is 1. The van der Waals surface area contributed by atoms with Crippen LogP contribution in [0.25, 0.3) is 0 Å². The lowest BCUT2D eigenvalue weighted by atomic mass is 9.95. The Morgan fingerprint density at radius 1 is 0.976 bits per heavy atom. The van der Waals surface area contributed by atoms with E-state index in [4.69, 9.17) is 16.3 Å². The molecular weight excluding hydrogens is 574 g/mol. The van der Waals surface area contributed by atoms with Crippen LogP contribution in [0.3, 0.4) is 0 Å². The van der Waals surface area contributed by atoms with E-state index in [1.165, 1.54) is 29.2 Å². The number of hydrogen-bond donors (Lipinski definition) is 1. The molecule has 0 aromatic heterocycles. The van der Waals surface area contributed by atoms with Gasteiger partial charge in [-0.05, 0) is 80.3 Å². The van der Waals surface area contributed by atoms with Crippen molar-refractivity contribution in [1.29, 1.82) is 0 Å². The van der Waals surface area contributed by atoms with Crippen LogP contribution in [-0.2, 0) is 26.2 Å². The van der Waals surface area contributed by atoms with E-state index in [-0.39, 0.29) is 23.4 Å².